The average Bonchev–Trinajstić information content (AvgIpc) is 2.36. The van der Waals surface area contributed by atoms with Gasteiger partial charge in [-0.25, -0.2) is 4.79 Å². The highest BCUT2D eigenvalue weighted by Crippen LogP contribution is 2.30. The Morgan fingerprint density at radius 1 is 1.40 bits per heavy atom. The molecule has 0 radical (unpaired) electrons. The summed E-state index contributed by atoms with van der Waals surface area (Å²) in [6.45, 7) is 1.45. The first-order valence-corrected chi connectivity index (χ1v) is 7.12. The van der Waals surface area contributed by atoms with E-state index in [-0.39, 0.29) is 17.5 Å². The van der Waals surface area contributed by atoms with Crippen molar-refractivity contribution in [2.45, 2.75) is 18.5 Å². The van der Waals surface area contributed by atoms with Crippen LogP contribution >= 0.6 is 11.8 Å². The first kappa shape index (κ1) is 15.2. The van der Waals surface area contributed by atoms with Crippen molar-refractivity contribution < 1.29 is 23.1 Å². The largest absolute Gasteiger partial charge is 0.478 e. The summed E-state index contributed by atoms with van der Waals surface area (Å²) in [7, 11) is 0. The molecule has 110 valence electrons. The van der Waals surface area contributed by atoms with Crippen molar-refractivity contribution in [3.8, 4) is 0 Å². The standard InChI is InChI=1S/C13H14F3NO2S/c14-13(15,16)20-7-6-17-5-4-10-9(8-17)2-1-3-11(10)12(18)19/h1-3H,4-8H2,(H,18,19). The molecule has 1 heterocycles. The Balaban J connectivity index is 1.98. The molecule has 3 nitrogen and oxygen atoms in total. The predicted octanol–water partition coefficient (Wildman–Crippen LogP) is 3.00. The highest BCUT2D eigenvalue weighted by molar-refractivity contribution is 8.00. The van der Waals surface area contributed by atoms with E-state index >= 15 is 0 Å². The number of hydrogen-bond donors (Lipinski definition) is 1. The molecule has 0 fully saturated rings. The molecule has 1 aromatic rings. The van der Waals surface area contributed by atoms with Crippen LogP contribution in [0.25, 0.3) is 0 Å². The van der Waals surface area contributed by atoms with Crippen LogP contribution < -0.4 is 0 Å². The second kappa shape index (κ2) is 6.05. The van der Waals surface area contributed by atoms with Gasteiger partial charge in [0.25, 0.3) is 0 Å². The van der Waals surface area contributed by atoms with E-state index in [2.05, 4.69) is 0 Å². The SMILES string of the molecule is O=C(O)c1cccc2c1CCN(CCSC(F)(F)F)C2. The van der Waals surface area contributed by atoms with Gasteiger partial charge >= 0.3 is 11.5 Å². The third-order valence-electron chi connectivity index (χ3n) is 3.25. The molecule has 0 aromatic heterocycles. The molecule has 0 bridgehead atoms. The number of fused-ring (bicyclic) bond motifs is 1. The van der Waals surface area contributed by atoms with Crippen LogP contribution in [0.2, 0.25) is 0 Å². The summed E-state index contributed by atoms with van der Waals surface area (Å²) < 4.78 is 36.2. The fraction of sp³-hybridized carbons (Fsp3) is 0.462. The van der Waals surface area contributed by atoms with Crippen LogP contribution in [0.5, 0.6) is 0 Å². The zero-order valence-corrected chi connectivity index (χ0v) is 11.4. The maximum Gasteiger partial charge on any atom is 0.441 e. The molecule has 2 rings (SSSR count). The van der Waals surface area contributed by atoms with Gasteiger partial charge < -0.3 is 5.11 Å². The number of aromatic carboxylic acids is 1. The topological polar surface area (TPSA) is 40.5 Å². The predicted molar refractivity (Wildman–Crippen MR) is 70.9 cm³/mol. The number of carboxylic acids is 1. The second-order valence-electron chi connectivity index (χ2n) is 4.57. The lowest BCUT2D eigenvalue weighted by Gasteiger charge is -2.29. The number of nitrogens with zero attached hydrogens (tertiary/aromatic N) is 1. The van der Waals surface area contributed by atoms with Crippen LogP contribution in [0.4, 0.5) is 13.2 Å². The Morgan fingerprint density at radius 2 is 2.15 bits per heavy atom. The number of alkyl halides is 3. The lowest BCUT2D eigenvalue weighted by molar-refractivity contribution is -0.0329. The van der Waals surface area contributed by atoms with Gasteiger partial charge in [-0.3, -0.25) is 4.90 Å². The van der Waals surface area contributed by atoms with Gasteiger partial charge in [-0.05, 0) is 35.4 Å². The van der Waals surface area contributed by atoms with E-state index < -0.39 is 11.5 Å². The van der Waals surface area contributed by atoms with Crippen molar-refractivity contribution in [1.82, 2.24) is 4.90 Å². The Morgan fingerprint density at radius 3 is 2.80 bits per heavy atom. The first-order valence-electron chi connectivity index (χ1n) is 6.14. The molecule has 0 saturated carbocycles. The molecular formula is C13H14F3NO2S. The number of carbonyl (C=O) groups is 1. The van der Waals surface area contributed by atoms with Crippen LogP contribution in [0.1, 0.15) is 21.5 Å². The van der Waals surface area contributed by atoms with Crippen LogP contribution in [0.15, 0.2) is 18.2 Å². The van der Waals surface area contributed by atoms with Crippen LogP contribution in [-0.4, -0.2) is 40.3 Å². The zero-order valence-electron chi connectivity index (χ0n) is 10.6. The number of halogens is 3. The minimum absolute atomic E-state index is 0.00253. The molecule has 7 heteroatoms. The Bertz CT molecular complexity index is 505. The van der Waals surface area contributed by atoms with E-state index in [1.807, 2.05) is 11.0 Å². The smallest absolute Gasteiger partial charge is 0.441 e. The number of rotatable bonds is 4. The summed E-state index contributed by atoms with van der Waals surface area (Å²) in [5, 5.41) is 9.10. The van der Waals surface area contributed by atoms with Crippen molar-refractivity contribution in [3.63, 3.8) is 0 Å². The molecule has 0 amide bonds. The second-order valence-corrected chi connectivity index (χ2v) is 5.73. The minimum atomic E-state index is -4.19. The van der Waals surface area contributed by atoms with Gasteiger partial charge in [0.2, 0.25) is 0 Å². The molecule has 1 N–H and O–H groups in total. The maximum absolute atomic E-state index is 12.1. The summed E-state index contributed by atoms with van der Waals surface area (Å²) >= 11 is -0.0192. The summed E-state index contributed by atoms with van der Waals surface area (Å²) in [6.07, 6.45) is 0.564. The molecule has 1 aromatic carbocycles. The first-order chi connectivity index (χ1) is 9.37. The summed E-state index contributed by atoms with van der Waals surface area (Å²) in [6, 6.07) is 5.08. The van der Waals surface area contributed by atoms with Crippen LogP contribution in [0.3, 0.4) is 0 Å². The van der Waals surface area contributed by atoms with Crippen molar-refractivity contribution in [1.29, 1.82) is 0 Å². The quantitative estimate of drug-likeness (QED) is 0.928. The Labute approximate surface area is 118 Å². The normalized spacial score (nSPS) is 15.9. The third kappa shape index (κ3) is 3.89. The number of hydrogen-bond acceptors (Lipinski definition) is 3. The monoisotopic (exact) mass is 305 g/mol. The van der Waals surface area contributed by atoms with E-state index in [1.54, 1.807) is 12.1 Å². The maximum atomic E-state index is 12.1. The molecule has 1 aliphatic heterocycles. The molecule has 0 saturated heterocycles. The lowest BCUT2D eigenvalue weighted by atomic mass is 9.94. The van der Waals surface area contributed by atoms with Gasteiger partial charge in [0, 0.05) is 25.4 Å². The average molecular weight is 305 g/mol. The van der Waals surface area contributed by atoms with Crippen molar-refractivity contribution in [3.05, 3.63) is 34.9 Å². The van der Waals surface area contributed by atoms with Crippen LogP contribution in [0, 0.1) is 0 Å². The summed E-state index contributed by atoms with van der Waals surface area (Å²) in [5.41, 5.74) is -2.19. The Kier molecular flexibility index (Phi) is 4.59. The van der Waals surface area contributed by atoms with Gasteiger partial charge in [-0.15, -0.1) is 0 Å². The molecule has 0 unspecified atom stereocenters. The molecular weight excluding hydrogens is 291 g/mol. The van der Waals surface area contributed by atoms with E-state index in [0.29, 0.717) is 31.6 Å². The van der Waals surface area contributed by atoms with Gasteiger partial charge in [0.05, 0.1) is 5.56 Å². The molecule has 0 atom stereocenters. The van der Waals surface area contributed by atoms with Crippen LogP contribution in [-0.2, 0) is 13.0 Å². The highest BCUT2D eigenvalue weighted by atomic mass is 32.2. The highest BCUT2D eigenvalue weighted by Gasteiger charge is 2.28. The Hall–Kier alpha value is -1.21. The number of benzene rings is 1. The molecule has 1 aliphatic rings. The zero-order chi connectivity index (χ0) is 14.8. The van der Waals surface area contributed by atoms with E-state index in [1.165, 1.54) is 0 Å². The molecule has 20 heavy (non-hydrogen) atoms. The van der Waals surface area contributed by atoms with Crippen molar-refractivity contribution in [2.75, 3.05) is 18.8 Å². The van der Waals surface area contributed by atoms with E-state index in [4.69, 9.17) is 5.11 Å². The third-order valence-corrected chi connectivity index (χ3v) is 3.96. The van der Waals surface area contributed by atoms with E-state index in [0.717, 1.165) is 11.1 Å². The van der Waals surface area contributed by atoms with Gasteiger partial charge in [-0.2, -0.15) is 13.2 Å². The molecule has 0 spiro atoms. The van der Waals surface area contributed by atoms with E-state index in [9.17, 15) is 18.0 Å². The summed E-state index contributed by atoms with van der Waals surface area (Å²) in [5.74, 6) is -0.958. The number of carboxylic acid groups (broad SMARTS) is 1. The van der Waals surface area contributed by atoms with Gasteiger partial charge in [0.15, 0.2) is 0 Å². The number of thioether (sulfide) groups is 1. The van der Waals surface area contributed by atoms with Crippen molar-refractivity contribution >= 4 is 17.7 Å². The minimum Gasteiger partial charge on any atom is -0.478 e. The fourth-order valence-electron chi connectivity index (χ4n) is 2.35. The lowest BCUT2D eigenvalue weighted by Crippen LogP contribution is -2.33. The molecule has 0 aliphatic carbocycles. The van der Waals surface area contributed by atoms with Gasteiger partial charge in [-0.1, -0.05) is 12.1 Å². The van der Waals surface area contributed by atoms with Gasteiger partial charge in [0.1, 0.15) is 0 Å². The summed E-state index contributed by atoms with van der Waals surface area (Å²) in [4.78, 5) is 13.0. The van der Waals surface area contributed by atoms with Crippen molar-refractivity contribution in [2.24, 2.45) is 0 Å². The fourth-order valence-corrected chi connectivity index (χ4v) is 2.93.